The standard InChI is InChI=1S/C10H23N3O3S/c1-10(2,3)17(14,15)13(7-8-16-4)6-5-9(11)12/h5-8H2,1-4H3,(H3,11,12). The lowest BCUT2D eigenvalue weighted by Crippen LogP contribution is -2.45. The molecular weight excluding hydrogens is 242 g/mol. The van der Waals surface area contributed by atoms with Crippen LogP contribution in [0.3, 0.4) is 0 Å². The van der Waals surface area contributed by atoms with Crippen molar-refractivity contribution >= 4 is 15.9 Å². The number of rotatable bonds is 7. The van der Waals surface area contributed by atoms with Gasteiger partial charge >= 0.3 is 0 Å². The number of nitrogens with two attached hydrogens (primary N) is 1. The summed E-state index contributed by atoms with van der Waals surface area (Å²) in [6.07, 6.45) is 0.235. The summed E-state index contributed by atoms with van der Waals surface area (Å²) >= 11 is 0. The fourth-order valence-corrected chi connectivity index (χ4v) is 2.60. The van der Waals surface area contributed by atoms with Crippen LogP contribution in [0, 0.1) is 5.41 Å². The van der Waals surface area contributed by atoms with Gasteiger partial charge in [0.05, 0.1) is 17.2 Å². The van der Waals surface area contributed by atoms with E-state index >= 15 is 0 Å². The van der Waals surface area contributed by atoms with E-state index in [0.717, 1.165) is 0 Å². The molecule has 102 valence electrons. The Morgan fingerprint density at radius 3 is 2.24 bits per heavy atom. The first-order valence-electron chi connectivity index (χ1n) is 5.44. The van der Waals surface area contributed by atoms with Crippen LogP contribution in [0.4, 0.5) is 0 Å². The Balaban J connectivity index is 4.85. The fraction of sp³-hybridized carbons (Fsp3) is 0.900. The summed E-state index contributed by atoms with van der Waals surface area (Å²) in [5.74, 6) is -0.0171. The molecule has 3 N–H and O–H groups in total. The number of hydrogen-bond donors (Lipinski definition) is 2. The van der Waals surface area contributed by atoms with Crippen molar-refractivity contribution in [2.45, 2.75) is 31.9 Å². The van der Waals surface area contributed by atoms with E-state index in [1.807, 2.05) is 0 Å². The molecule has 0 aromatic carbocycles. The molecule has 0 heterocycles. The Morgan fingerprint density at radius 1 is 1.35 bits per heavy atom. The molecule has 6 nitrogen and oxygen atoms in total. The number of methoxy groups -OCH3 is 1. The third kappa shape index (κ3) is 5.01. The Morgan fingerprint density at radius 2 is 1.88 bits per heavy atom. The number of hydrogen-bond acceptors (Lipinski definition) is 4. The van der Waals surface area contributed by atoms with E-state index in [4.69, 9.17) is 15.9 Å². The maximum Gasteiger partial charge on any atom is 0.219 e. The third-order valence-electron chi connectivity index (χ3n) is 2.29. The molecule has 7 heteroatoms. The Hall–Kier alpha value is -0.660. The zero-order valence-electron chi connectivity index (χ0n) is 11.0. The SMILES string of the molecule is COCCN(CCC(=N)N)S(=O)(=O)C(C)(C)C. The second-order valence-corrected chi connectivity index (χ2v) is 7.48. The average molecular weight is 265 g/mol. The lowest BCUT2D eigenvalue weighted by atomic mass is 10.3. The van der Waals surface area contributed by atoms with Gasteiger partial charge in [0.15, 0.2) is 0 Å². The highest BCUT2D eigenvalue weighted by Crippen LogP contribution is 2.20. The molecule has 0 aliphatic rings. The van der Waals surface area contributed by atoms with E-state index in [-0.39, 0.29) is 25.3 Å². The van der Waals surface area contributed by atoms with Crippen LogP contribution >= 0.6 is 0 Å². The molecule has 0 radical (unpaired) electrons. The number of ether oxygens (including phenoxy) is 1. The zero-order valence-corrected chi connectivity index (χ0v) is 11.8. The number of nitrogens with one attached hydrogen (secondary N) is 1. The molecule has 0 aliphatic carbocycles. The molecule has 17 heavy (non-hydrogen) atoms. The van der Waals surface area contributed by atoms with Crippen LogP contribution in [-0.4, -0.2) is 50.1 Å². The first-order valence-corrected chi connectivity index (χ1v) is 6.88. The lowest BCUT2D eigenvalue weighted by Gasteiger charge is -2.29. The molecule has 0 rings (SSSR count). The summed E-state index contributed by atoms with van der Waals surface area (Å²) < 4.78 is 29.8. The van der Waals surface area contributed by atoms with Gasteiger partial charge in [-0.3, -0.25) is 5.41 Å². The molecule has 0 spiro atoms. The van der Waals surface area contributed by atoms with Gasteiger partial charge in [0.2, 0.25) is 10.0 Å². The Labute approximate surface area is 104 Å². The number of sulfonamides is 1. The van der Waals surface area contributed by atoms with Gasteiger partial charge in [-0.25, -0.2) is 8.42 Å². The van der Waals surface area contributed by atoms with Crippen molar-refractivity contribution in [3.8, 4) is 0 Å². The van der Waals surface area contributed by atoms with Crippen molar-refractivity contribution in [1.29, 1.82) is 5.41 Å². The summed E-state index contributed by atoms with van der Waals surface area (Å²) in [6, 6.07) is 0. The largest absolute Gasteiger partial charge is 0.388 e. The minimum Gasteiger partial charge on any atom is -0.388 e. The van der Waals surface area contributed by atoms with Gasteiger partial charge in [0, 0.05) is 26.6 Å². The monoisotopic (exact) mass is 265 g/mol. The van der Waals surface area contributed by atoms with Gasteiger partial charge in [0.1, 0.15) is 0 Å². The van der Waals surface area contributed by atoms with Crippen molar-refractivity contribution in [3.63, 3.8) is 0 Å². The van der Waals surface area contributed by atoms with Crippen molar-refractivity contribution < 1.29 is 13.2 Å². The number of nitrogens with zero attached hydrogens (tertiary/aromatic N) is 1. The van der Waals surface area contributed by atoms with Gasteiger partial charge in [-0.15, -0.1) is 0 Å². The van der Waals surface area contributed by atoms with Crippen LogP contribution in [0.5, 0.6) is 0 Å². The van der Waals surface area contributed by atoms with E-state index in [1.165, 1.54) is 11.4 Å². The highest BCUT2D eigenvalue weighted by atomic mass is 32.2. The average Bonchev–Trinajstić information content (AvgIpc) is 2.15. The first kappa shape index (κ1) is 16.3. The fourth-order valence-electron chi connectivity index (χ4n) is 1.18. The summed E-state index contributed by atoms with van der Waals surface area (Å²) in [5, 5.41) is 7.15. The van der Waals surface area contributed by atoms with Crippen molar-refractivity contribution in [2.75, 3.05) is 26.8 Å². The van der Waals surface area contributed by atoms with Crippen molar-refractivity contribution in [2.24, 2.45) is 5.73 Å². The highest BCUT2D eigenvalue weighted by molar-refractivity contribution is 7.90. The normalized spacial score (nSPS) is 13.0. The van der Waals surface area contributed by atoms with Crippen molar-refractivity contribution in [3.05, 3.63) is 0 Å². The predicted octanol–water partition coefficient (Wildman–Crippen LogP) is 0.389. The van der Waals surface area contributed by atoms with Crippen LogP contribution in [0.15, 0.2) is 0 Å². The van der Waals surface area contributed by atoms with Crippen LogP contribution in [0.25, 0.3) is 0 Å². The second kappa shape index (κ2) is 6.32. The molecule has 0 fully saturated rings. The molecule has 0 saturated heterocycles. The summed E-state index contributed by atoms with van der Waals surface area (Å²) in [7, 11) is -1.88. The van der Waals surface area contributed by atoms with Crippen LogP contribution < -0.4 is 5.73 Å². The van der Waals surface area contributed by atoms with Gasteiger partial charge < -0.3 is 10.5 Å². The highest BCUT2D eigenvalue weighted by Gasteiger charge is 2.34. The molecule has 0 amide bonds. The van der Waals surface area contributed by atoms with E-state index in [0.29, 0.717) is 6.61 Å². The minimum absolute atomic E-state index is 0.0171. The second-order valence-electron chi connectivity index (χ2n) is 4.78. The van der Waals surface area contributed by atoms with E-state index in [9.17, 15) is 8.42 Å². The van der Waals surface area contributed by atoms with Gasteiger partial charge in [0.25, 0.3) is 0 Å². The van der Waals surface area contributed by atoms with Gasteiger partial charge in [-0.1, -0.05) is 0 Å². The van der Waals surface area contributed by atoms with Gasteiger partial charge in [-0.05, 0) is 20.8 Å². The van der Waals surface area contributed by atoms with Gasteiger partial charge in [-0.2, -0.15) is 4.31 Å². The van der Waals surface area contributed by atoms with Crippen molar-refractivity contribution in [1.82, 2.24) is 4.31 Å². The predicted molar refractivity (Wildman–Crippen MR) is 68.7 cm³/mol. The van der Waals surface area contributed by atoms with E-state index < -0.39 is 14.8 Å². The molecule has 0 atom stereocenters. The third-order valence-corrected chi connectivity index (χ3v) is 4.88. The van der Waals surface area contributed by atoms with E-state index in [2.05, 4.69) is 0 Å². The number of amidine groups is 1. The Kier molecular flexibility index (Phi) is 6.08. The van der Waals surface area contributed by atoms with Crippen LogP contribution in [0.1, 0.15) is 27.2 Å². The maximum absolute atomic E-state index is 12.2. The molecule has 0 unspecified atom stereocenters. The van der Waals surface area contributed by atoms with Crippen LogP contribution in [0.2, 0.25) is 0 Å². The molecule has 0 aromatic rings. The minimum atomic E-state index is -3.41. The maximum atomic E-state index is 12.2. The molecule has 0 aliphatic heterocycles. The lowest BCUT2D eigenvalue weighted by molar-refractivity contribution is 0.179. The summed E-state index contributed by atoms with van der Waals surface area (Å²) in [6.45, 7) is 5.77. The zero-order chi connectivity index (χ0) is 13.7. The quantitative estimate of drug-likeness (QED) is 0.514. The smallest absolute Gasteiger partial charge is 0.219 e. The summed E-state index contributed by atoms with van der Waals surface area (Å²) in [4.78, 5) is 0. The molecule has 0 saturated carbocycles. The van der Waals surface area contributed by atoms with Crippen LogP contribution in [-0.2, 0) is 14.8 Å². The molecular formula is C10H23N3O3S. The summed E-state index contributed by atoms with van der Waals surface area (Å²) in [5.41, 5.74) is 5.25. The molecule has 0 aromatic heterocycles. The topological polar surface area (TPSA) is 96.5 Å². The van der Waals surface area contributed by atoms with E-state index in [1.54, 1.807) is 20.8 Å². The first-order chi connectivity index (χ1) is 7.63. The Bertz CT molecular complexity index is 346. The molecule has 0 bridgehead atoms.